The molecule has 0 atom stereocenters. The van der Waals surface area contributed by atoms with Crippen molar-refractivity contribution in [3.8, 4) is 0 Å². The van der Waals surface area contributed by atoms with Gasteiger partial charge in [-0.3, -0.25) is 0 Å². The Labute approximate surface area is 137 Å². The van der Waals surface area contributed by atoms with Crippen LogP contribution in [0.15, 0.2) is 65.9 Å². The van der Waals surface area contributed by atoms with Gasteiger partial charge in [0.15, 0.2) is 0 Å². The fourth-order valence-electron chi connectivity index (χ4n) is 1.84. The van der Waals surface area contributed by atoms with Gasteiger partial charge in [-0.1, -0.05) is 23.4 Å². The van der Waals surface area contributed by atoms with Crippen molar-refractivity contribution in [2.75, 3.05) is 0 Å². The van der Waals surface area contributed by atoms with E-state index in [0.717, 1.165) is 4.90 Å². The highest BCUT2D eigenvalue weighted by molar-refractivity contribution is 9.10. The first kappa shape index (κ1) is 14.6. The molecule has 3 rings (SSSR count). The van der Waals surface area contributed by atoms with Crippen LogP contribution in [0.3, 0.4) is 0 Å². The number of hydrogen-bond acceptors (Lipinski definition) is 3. The Balaban J connectivity index is 2.20. The second-order valence-electron chi connectivity index (χ2n) is 4.23. The summed E-state index contributed by atoms with van der Waals surface area (Å²) >= 11 is 10.4. The lowest BCUT2D eigenvalue weighted by atomic mass is 10.2. The van der Waals surface area contributed by atoms with Gasteiger partial charge in [0.1, 0.15) is 15.9 Å². The molecule has 6 heteroatoms. The Bertz CT molecular complexity index is 877. The molecule has 0 saturated heterocycles. The summed E-state index contributed by atoms with van der Waals surface area (Å²) < 4.78 is 18.9. The van der Waals surface area contributed by atoms with Gasteiger partial charge in [-0.15, -0.1) is 0 Å². The topological polar surface area (TPSA) is 30.2 Å². The molecule has 0 unspecified atom stereocenters. The quantitative estimate of drug-likeness (QED) is 0.546. The summed E-state index contributed by atoms with van der Waals surface area (Å²) in [4.78, 5) is 13.3. The largest absolute Gasteiger partial charge is 0.422 e. The zero-order chi connectivity index (χ0) is 15.0. The van der Waals surface area contributed by atoms with Gasteiger partial charge in [0.05, 0.1) is 0 Å². The number of rotatable bonds is 2. The van der Waals surface area contributed by atoms with Crippen LogP contribution in [0.2, 0.25) is 5.02 Å². The van der Waals surface area contributed by atoms with Crippen molar-refractivity contribution in [2.24, 2.45) is 0 Å². The molecule has 0 N–H and O–H groups in total. The summed E-state index contributed by atoms with van der Waals surface area (Å²) in [5.41, 5.74) is -0.147. The summed E-state index contributed by atoms with van der Waals surface area (Å²) in [7, 11) is 0. The van der Waals surface area contributed by atoms with E-state index in [0.29, 0.717) is 20.9 Å². The van der Waals surface area contributed by atoms with E-state index in [9.17, 15) is 9.18 Å². The normalized spacial score (nSPS) is 11.0. The van der Waals surface area contributed by atoms with Crippen LogP contribution in [0.25, 0.3) is 11.0 Å². The average molecular weight is 386 g/mol. The molecule has 1 aromatic heterocycles. The minimum Gasteiger partial charge on any atom is -0.422 e. The fraction of sp³-hybridized carbons (Fsp3) is 0. The highest BCUT2D eigenvalue weighted by Gasteiger charge is 2.14. The number of hydrogen-bond donors (Lipinski definition) is 0. The van der Waals surface area contributed by atoms with Crippen LogP contribution in [0.4, 0.5) is 4.39 Å². The molecule has 0 saturated carbocycles. The molecule has 1 heterocycles. The zero-order valence-corrected chi connectivity index (χ0v) is 13.6. The highest BCUT2D eigenvalue weighted by Crippen LogP contribution is 2.37. The van der Waals surface area contributed by atoms with Crippen molar-refractivity contribution in [1.29, 1.82) is 0 Å². The molecule has 0 amide bonds. The van der Waals surface area contributed by atoms with Crippen LogP contribution in [-0.4, -0.2) is 0 Å². The van der Waals surface area contributed by atoms with Crippen molar-refractivity contribution in [1.82, 2.24) is 0 Å². The van der Waals surface area contributed by atoms with Gasteiger partial charge in [-0.2, -0.15) is 0 Å². The molecule has 106 valence electrons. The lowest BCUT2D eigenvalue weighted by Crippen LogP contribution is -2.01. The maximum atomic E-state index is 13.5. The van der Waals surface area contributed by atoms with Crippen LogP contribution in [0.1, 0.15) is 0 Å². The third kappa shape index (κ3) is 3.00. The minimum atomic E-state index is -0.495. The lowest BCUT2D eigenvalue weighted by molar-refractivity contribution is 0.550. The van der Waals surface area contributed by atoms with Crippen LogP contribution in [0.5, 0.6) is 0 Å². The predicted molar refractivity (Wildman–Crippen MR) is 85.7 cm³/mol. The van der Waals surface area contributed by atoms with Gasteiger partial charge in [0.25, 0.3) is 0 Å². The van der Waals surface area contributed by atoms with Gasteiger partial charge < -0.3 is 4.42 Å². The Kier molecular flexibility index (Phi) is 4.06. The third-order valence-electron chi connectivity index (χ3n) is 2.80. The minimum absolute atomic E-state index is 0.278. The molecule has 0 aliphatic heterocycles. The summed E-state index contributed by atoms with van der Waals surface area (Å²) in [5, 5.41) is 1.17. The summed E-state index contributed by atoms with van der Waals surface area (Å²) in [6.45, 7) is 0. The van der Waals surface area contributed by atoms with E-state index in [1.807, 2.05) is 12.1 Å². The maximum absolute atomic E-state index is 13.5. The molecule has 0 fully saturated rings. The first-order valence-corrected chi connectivity index (χ1v) is 7.88. The Morgan fingerprint density at radius 3 is 2.57 bits per heavy atom. The van der Waals surface area contributed by atoms with Crippen LogP contribution in [-0.2, 0) is 0 Å². The Morgan fingerprint density at radius 1 is 1.14 bits per heavy atom. The lowest BCUT2D eigenvalue weighted by Gasteiger charge is -2.07. The molecule has 0 bridgehead atoms. The smallest absolute Gasteiger partial charge is 0.351 e. The van der Waals surface area contributed by atoms with Crippen molar-refractivity contribution >= 4 is 50.3 Å². The Hall–Kier alpha value is -1.30. The second kappa shape index (κ2) is 5.83. The van der Waals surface area contributed by atoms with Gasteiger partial charge in [-0.25, -0.2) is 9.18 Å². The first-order valence-electron chi connectivity index (χ1n) is 5.90. The SMILES string of the molecule is O=c1oc2ccc(F)cc2c(Sc2ccc(Cl)cc2)c1Br. The molecule has 0 aliphatic rings. The Morgan fingerprint density at radius 2 is 1.86 bits per heavy atom. The van der Waals surface area contributed by atoms with Crippen LogP contribution < -0.4 is 5.63 Å². The van der Waals surface area contributed by atoms with Gasteiger partial charge in [0.2, 0.25) is 0 Å². The van der Waals surface area contributed by atoms with Crippen LogP contribution >= 0.6 is 39.3 Å². The van der Waals surface area contributed by atoms with Crippen LogP contribution in [0, 0.1) is 5.82 Å². The van der Waals surface area contributed by atoms with Crippen molar-refractivity contribution < 1.29 is 8.81 Å². The molecule has 2 aromatic carbocycles. The van der Waals surface area contributed by atoms with Crippen molar-refractivity contribution in [3.63, 3.8) is 0 Å². The highest BCUT2D eigenvalue weighted by atomic mass is 79.9. The number of halogens is 3. The molecule has 2 nitrogen and oxygen atoms in total. The molecular weight excluding hydrogens is 379 g/mol. The summed E-state index contributed by atoms with van der Waals surface area (Å²) in [6.07, 6.45) is 0. The van der Waals surface area contributed by atoms with Gasteiger partial charge >= 0.3 is 5.63 Å². The maximum Gasteiger partial charge on any atom is 0.351 e. The van der Waals surface area contributed by atoms with E-state index in [4.69, 9.17) is 16.0 Å². The predicted octanol–water partition coefficient (Wildman–Crippen LogP) is 5.50. The monoisotopic (exact) mass is 384 g/mol. The van der Waals surface area contributed by atoms with E-state index >= 15 is 0 Å². The van der Waals surface area contributed by atoms with E-state index in [-0.39, 0.29) is 10.3 Å². The van der Waals surface area contributed by atoms with Gasteiger partial charge in [0, 0.05) is 20.2 Å². The summed E-state index contributed by atoms with van der Waals surface area (Å²) in [5.74, 6) is -0.388. The number of benzene rings is 2. The average Bonchev–Trinajstić information content (AvgIpc) is 2.47. The van der Waals surface area contributed by atoms with E-state index in [1.165, 1.54) is 30.0 Å². The van der Waals surface area contributed by atoms with Gasteiger partial charge in [-0.05, 0) is 58.4 Å². The van der Waals surface area contributed by atoms with E-state index in [2.05, 4.69) is 15.9 Å². The van der Waals surface area contributed by atoms with E-state index < -0.39 is 5.63 Å². The zero-order valence-electron chi connectivity index (χ0n) is 10.4. The fourth-order valence-corrected chi connectivity index (χ4v) is 3.46. The molecule has 0 aliphatic carbocycles. The molecule has 0 spiro atoms. The molecule has 3 aromatic rings. The third-order valence-corrected chi connectivity index (χ3v) is 5.17. The summed E-state index contributed by atoms with van der Waals surface area (Å²) in [6, 6.07) is 11.2. The van der Waals surface area contributed by atoms with E-state index in [1.54, 1.807) is 12.1 Å². The second-order valence-corrected chi connectivity index (χ2v) is 6.54. The van der Waals surface area contributed by atoms with Crippen molar-refractivity contribution in [2.45, 2.75) is 9.79 Å². The standard InChI is InChI=1S/C15H7BrClFO2S/c16-13-14(21-10-4-1-8(17)2-5-10)11-7-9(18)3-6-12(11)20-15(13)19/h1-7H. The van der Waals surface area contributed by atoms with Crippen molar-refractivity contribution in [3.05, 3.63) is 68.2 Å². The molecule has 0 radical (unpaired) electrons. The first-order chi connectivity index (χ1) is 10.0. The molecular formula is C15H7BrClFO2S. The number of fused-ring (bicyclic) bond motifs is 1. The molecule has 21 heavy (non-hydrogen) atoms.